The molecule has 0 bridgehead atoms. The average molecular weight is 353 g/mol. The highest BCUT2D eigenvalue weighted by Crippen LogP contribution is 2.21. The number of aryl methyl sites for hydroxylation is 2. The van der Waals surface area contributed by atoms with Gasteiger partial charge in [0.05, 0.1) is 11.6 Å². The van der Waals surface area contributed by atoms with Crippen LogP contribution in [-0.2, 0) is 17.3 Å². The maximum atomic E-state index is 5.87. The molecule has 0 radical (unpaired) electrons. The zero-order valence-corrected chi connectivity index (χ0v) is 16.3. The zero-order chi connectivity index (χ0) is 17.0. The van der Waals surface area contributed by atoms with Gasteiger partial charge >= 0.3 is 0 Å². The first-order chi connectivity index (χ1) is 10.8. The molecule has 2 rings (SSSR count). The molecule has 0 fully saturated rings. The number of rotatable bonds is 7. The van der Waals surface area contributed by atoms with Crippen LogP contribution in [0.1, 0.15) is 17.1 Å². The summed E-state index contributed by atoms with van der Waals surface area (Å²) in [6.07, 6.45) is 1.80. The maximum Gasteiger partial charge on any atom is 0.167 e. The highest BCUT2D eigenvalue weighted by atomic mass is 35.5. The van der Waals surface area contributed by atoms with E-state index in [0.717, 1.165) is 41.1 Å². The van der Waals surface area contributed by atoms with Crippen molar-refractivity contribution in [2.45, 2.75) is 52.1 Å². The predicted octanol–water partition coefficient (Wildman–Crippen LogP) is 4.01. The summed E-state index contributed by atoms with van der Waals surface area (Å²) in [7, 11) is -1.08. The number of aromatic nitrogens is 4. The fraction of sp³-hybridized carbons (Fsp3) is 0.562. The van der Waals surface area contributed by atoms with Crippen molar-refractivity contribution >= 4 is 19.7 Å². The van der Waals surface area contributed by atoms with Crippen molar-refractivity contribution in [2.75, 3.05) is 6.61 Å². The summed E-state index contributed by atoms with van der Waals surface area (Å²) in [4.78, 5) is 4.40. The molecule has 0 aliphatic heterocycles. The van der Waals surface area contributed by atoms with Gasteiger partial charge in [0.1, 0.15) is 12.6 Å². The number of hydrogen-bond donors (Lipinski definition) is 0. The molecule has 0 N–H and O–H groups in total. The lowest BCUT2D eigenvalue weighted by atomic mass is 10.1. The number of halogens is 1. The first-order valence-corrected chi connectivity index (χ1v) is 12.1. The molecule has 0 aliphatic carbocycles. The van der Waals surface area contributed by atoms with Crippen LogP contribution in [0.3, 0.4) is 0 Å². The Hall–Kier alpha value is -1.24. The van der Waals surface area contributed by atoms with Gasteiger partial charge in [0.2, 0.25) is 0 Å². The first-order valence-electron chi connectivity index (χ1n) is 7.81. The van der Waals surface area contributed by atoms with Crippen LogP contribution in [0.4, 0.5) is 0 Å². The molecule has 0 saturated heterocycles. The first kappa shape index (κ1) is 18.1. The number of nitrogens with zero attached hydrogens (tertiary/aromatic N) is 4. The third-order valence-electron chi connectivity index (χ3n) is 3.72. The third kappa shape index (κ3) is 4.86. The standard InChI is InChI=1S/C16H25ClN4OSi/c1-12-8-14(10-18-15(12)9-17)16-20-19-13(2)21(16)11-22-6-7-23(3,4)5/h8,10H,6-7,9,11H2,1-5H3. The maximum absolute atomic E-state index is 5.87. The van der Waals surface area contributed by atoms with Crippen LogP contribution in [0, 0.1) is 13.8 Å². The van der Waals surface area contributed by atoms with Crippen LogP contribution in [-0.4, -0.2) is 34.4 Å². The van der Waals surface area contributed by atoms with Gasteiger partial charge < -0.3 is 4.74 Å². The number of pyridine rings is 1. The fourth-order valence-electron chi connectivity index (χ4n) is 2.15. The predicted molar refractivity (Wildman–Crippen MR) is 96.4 cm³/mol. The van der Waals surface area contributed by atoms with E-state index in [1.54, 1.807) is 6.20 Å². The largest absolute Gasteiger partial charge is 0.361 e. The summed E-state index contributed by atoms with van der Waals surface area (Å²) in [5, 5.41) is 8.46. The fourth-order valence-corrected chi connectivity index (χ4v) is 3.19. The van der Waals surface area contributed by atoms with Gasteiger partial charge in [0.25, 0.3) is 0 Å². The van der Waals surface area contributed by atoms with Crippen LogP contribution in [0.15, 0.2) is 12.3 Å². The van der Waals surface area contributed by atoms with Crippen molar-refractivity contribution in [3.63, 3.8) is 0 Å². The minimum atomic E-state index is -1.08. The Labute approximate surface area is 144 Å². The SMILES string of the molecule is Cc1cc(-c2nnc(C)n2COCC[Si](C)(C)C)cnc1CCl. The van der Waals surface area contributed by atoms with Crippen molar-refractivity contribution < 1.29 is 4.74 Å². The minimum Gasteiger partial charge on any atom is -0.361 e. The van der Waals surface area contributed by atoms with Crippen molar-refractivity contribution in [1.82, 2.24) is 19.7 Å². The van der Waals surface area contributed by atoms with Gasteiger partial charge in [-0.25, -0.2) is 0 Å². The molecule has 2 aromatic heterocycles. The van der Waals surface area contributed by atoms with Crippen LogP contribution >= 0.6 is 11.6 Å². The summed E-state index contributed by atoms with van der Waals surface area (Å²) in [6, 6.07) is 3.20. The highest BCUT2D eigenvalue weighted by Gasteiger charge is 2.15. The number of alkyl halides is 1. The van der Waals surface area contributed by atoms with Gasteiger partial charge in [-0.15, -0.1) is 21.8 Å². The average Bonchev–Trinajstić information content (AvgIpc) is 2.84. The summed E-state index contributed by atoms with van der Waals surface area (Å²) < 4.78 is 7.84. The smallest absolute Gasteiger partial charge is 0.167 e. The van der Waals surface area contributed by atoms with Crippen LogP contribution in [0.2, 0.25) is 25.7 Å². The van der Waals surface area contributed by atoms with Crippen LogP contribution in [0.25, 0.3) is 11.4 Å². The Bertz CT molecular complexity index is 667. The summed E-state index contributed by atoms with van der Waals surface area (Å²) in [6.45, 7) is 12.2. The normalized spacial score (nSPS) is 11.9. The van der Waals surface area contributed by atoms with E-state index in [0.29, 0.717) is 12.6 Å². The highest BCUT2D eigenvalue weighted by molar-refractivity contribution is 6.76. The van der Waals surface area contributed by atoms with Crippen molar-refractivity contribution in [1.29, 1.82) is 0 Å². The van der Waals surface area contributed by atoms with Crippen molar-refractivity contribution in [2.24, 2.45) is 0 Å². The molecule has 0 spiro atoms. The number of hydrogen-bond acceptors (Lipinski definition) is 4. The molecule has 2 heterocycles. The molecule has 7 heteroatoms. The Kier molecular flexibility index (Phi) is 5.94. The van der Waals surface area contributed by atoms with Gasteiger partial charge in [0, 0.05) is 26.4 Å². The van der Waals surface area contributed by atoms with E-state index in [1.807, 2.05) is 24.5 Å². The van der Waals surface area contributed by atoms with Gasteiger partial charge in [-0.1, -0.05) is 19.6 Å². The Morgan fingerprint density at radius 2 is 1.96 bits per heavy atom. The molecule has 0 aromatic carbocycles. The summed E-state index contributed by atoms with van der Waals surface area (Å²) in [5.74, 6) is 2.04. The van der Waals surface area contributed by atoms with E-state index >= 15 is 0 Å². The zero-order valence-electron chi connectivity index (χ0n) is 14.6. The molecule has 126 valence electrons. The lowest BCUT2D eigenvalue weighted by Gasteiger charge is -2.16. The van der Waals surface area contributed by atoms with Crippen LogP contribution < -0.4 is 0 Å². The molecule has 0 atom stereocenters. The van der Waals surface area contributed by atoms with E-state index in [1.165, 1.54) is 0 Å². The number of ether oxygens (including phenoxy) is 1. The monoisotopic (exact) mass is 352 g/mol. The Morgan fingerprint density at radius 1 is 1.22 bits per heavy atom. The second kappa shape index (κ2) is 7.55. The second-order valence-corrected chi connectivity index (χ2v) is 12.9. The van der Waals surface area contributed by atoms with Crippen LogP contribution in [0.5, 0.6) is 0 Å². The lowest BCUT2D eigenvalue weighted by Crippen LogP contribution is -2.22. The quantitative estimate of drug-likeness (QED) is 0.429. The molecular formula is C16H25ClN4OSi. The van der Waals surface area contributed by atoms with Gasteiger partial charge in [-0.3, -0.25) is 9.55 Å². The van der Waals surface area contributed by atoms with Crippen molar-refractivity contribution in [3.8, 4) is 11.4 Å². The molecule has 0 unspecified atom stereocenters. The van der Waals surface area contributed by atoms with E-state index in [2.05, 4.69) is 34.8 Å². The molecule has 5 nitrogen and oxygen atoms in total. The lowest BCUT2D eigenvalue weighted by molar-refractivity contribution is 0.0867. The molecule has 2 aromatic rings. The third-order valence-corrected chi connectivity index (χ3v) is 5.68. The van der Waals surface area contributed by atoms with Crippen molar-refractivity contribution in [3.05, 3.63) is 29.3 Å². The topological polar surface area (TPSA) is 52.8 Å². The summed E-state index contributed by atoms with van der Waals surface area (Å²) >= 11 is 5.87. The molecule has 0 amide bonds. The second-order valence-electron chi connectivity index (χ2n) is 6.97. The van der Waals surface area contributed by atoms with Gasteiger partial charge in [-0.05, 0) is 31.5 Å². The Morgan fingerprint density at radius 3 is 2.57 bits per heavy atom. The van der Waals surface area contributed by atoms with E-state index in [9.17, 15) is 0 Å². The molecular weight excluding hydrogens is 328 g/mol. The van der Waals surface area contributed by atoms with Gasteiger partial charge in [-0.2, -0.15) is 0 Å². The molecule has 0 aliphatic rings. The molecule has 23 heavy (non-hydrogen) atoms. The Balaban J connectivity index is 2.13. The van der Waals surface area contributed by atoms with Gasteiger partial charge in [0.15, 0.2) is 5.82 Å². The van der Waals surface area contributed by atoms with E-state index in [-0.39, 0.29) is 0 Å². The van der Waals surface area contributed by atoms with E-state index < -0.39 is 8.07 Å². The van der Waals surface area contributed by atoms with E-state index in [4.69, 9.17) is 16.3 Å². The summed E-state index contributed by atoms with van der Waals surface area (Å²) in [5.41, 5.74) is 2.89. The minimum absolute atomic E-state index is 0.414. The molecule has 0 saturated carbocycles.